The van der Waals surface area contributed by atoms with Gasteiger partial charge in [-0.3, -0.25) is 0 Å². The molecule has 0 rings (SSSR count). The van der Waals surface area contributed by atoms with Crippen LogP contribution in [-0.4, -0.2) is 36.8 Å². The lowest BCUT2D eigenvalue weighted by molar-refractivity contribution is 0.0999. The minimum absolute atomic E-state index is 0.0649. The predicted octanol–water partition coefficient (Wildman–Crippen LogP) is 2.20. The lowest BCUT2D eigenvalue weighted by Gasteiger charge is -2.15. The van der Waals surface area contributed by atoms with Gasteiger partial charge in [0.1, 0.15) is 0 Å². The van der Waals surface area contributed by atoms with Crippen LogP contribution in [0.1, 0.15) is 13.3 Å². The zero-order valence-corrected chi connectivity index (χ0v) is 7.61. The van der Waals surface area contributed by atoms with Crippen LogP contribution in [0.3, 0.4) is 0 Å². The summed E-state index contributed by atoms with van der Waals surface area (Å²) < 4.78 is 23.5. The van der Waals surface area contributed by atoms with Crippen LogP contribution in [0.5, 0.6) is 0 Å². The van der Waals surface area contributed by atoms with Crippen molar-refractivity contribution in [2.45, 2.75) is 25.1 Å². The van der Waals surface area contributed by atoms with Crippen LogP contribution in [0.4, 0.5) is 8.78 Å². The highest BCUT2D eigenvalue weighted by atomic mass is 35.5. The standard InChI is InChI=1S/C7H14ClF2N/c1-6(8)3-4-11(2)5-7(9)10/h6-7H,3-5H2,1-2H3. The fourth-order valence-electron chi connectivity index (χ4n) is 0.725. The Kier molecular flexibility index (Phi) is 5.78. The van der Waals surface area contributed by atoms with Gasteiger partial charge in [0.05, 0.1) is 6.54 Å². The third-order valence-corrected chi connectivity index (χ3v) is 1.58. The largest absolute Gasteiger partial charge is 0.301 e. The van der Waals surface area contributed by atoms with Crippen molar-refractivity contribution in [2.24, 2.45) is 0 Å². The second-order valence-corrected chi connectivity index (χ2v) is 3.47. The Balaban J connectivity index is 3.29. The van der Waals surface area contributed by atoms with Crippen LogP contribution in [0, 0.1) is 0 Å². The summed E-state index contributed by atoms with van der Waals surface area (Å²) in [7, 11) is 1.67. The molecule has 4 heteroatoms. The second kappa shape index (κ2) is 5.72. The van der Waals surface area contributed by atoms with Gasteiger partial charge in [0, 0.05) is 5.38 Å². The van der Waals surface area contributed by atoms with E-state index in [2.05, 4.69) is 0 Å². The summed E-state index contributed by atoms with van der Waals surface area (Å²) in [5, 5.41) is 0.0649. The molecule has 0 amide bonds. The SMILES string of the molecule is CC(Cl)CCN(C)CC(F)F. The highest BCUT2D eigenvalue weighted by Gasteiger charge is 2.07. The number of rotatable bonds is 5. The van der Waals surface area contributed by atoms with Crippen molar-refractivity contribution in [3.63, 3.8) is 0 Å². The highest BCUT2D eigenvalue weighted by molar-refractivity contribution is 6.20. The van der Waals surface area contributed by atoms with E-state index in [9.17, 15) is 8.78 Å². The molecule has 1 atom stereocenters. The molecule has 0 aliphatic rings. The fraction of sp³-hybridized carbons (Fsp3) is 1.00. The molecule has 0 spiro atoms. The van der Waals surface area contributed by atoms with Gasteiger partial charge >= 0.3 is 0 Å². The summed E-state index contributed by atoms with van der Waals surface area (Å²) in [4.78, 5) is 1.59. The maximum Gasteiger partial charge on any atom is 0.251 e. The van der Waals surface area contributed by atoms with Crippen molar-refractivity contribution in [2.75, 3.05) is 20.1 Å². The van der Waals surface area contributed by atoms with Crippen LogP contribution in [0.15, 0.2) is 0 Å². The van der Waals surface area contributed by atoms with E-state index in [0.717, 1.165) is 6.42 Å². The molecule has 0 fully saturated rings. The molecule has 0 saturated heterocycles. The molecule has 1 nitrogen and oxygen atoms in total. The van der Waals surface area contributed by atoms with Crippen molar-refractivity contribution >= 4 is 11.6 Å². The molecule has 0 aliphatic heterocycles. The van der Waals surface area contributed by atoms with Gasteiger partial charge in [-0.2, -0.15) is 0 Å². The molecule has 0 aromatic carbocycles. The minimum Gasteiger partial charge on any atom is -0.301 e. The summed E-state index contributed by atoms with van der Waals surface area (Å²) in [6.45, 7) is 2.33. The third kappa shape index (κ3) is 8.01. The van der Waals surface area contributed by atoms with Crippen LogP contribution in [0.25, 0.3) is 0 Å². The summed E-state index contributed by atoms with van der Waals surface area (Å²) in [6, 6.07) is 0. The second-order valence-electron chi connectivity index (χ2n) is 2.72. The molecule has 0 heterocycles. The van der Waals surface area contributed by atoms with E-state index in [-0.39, 0.29) is 11.9 Å². The normalized spacial score (nSPS) is 14.5. The summed E-state index contributed by atoms with van der Waals surface area (Å²) in [6.07, 6.45) is -1.49. The third-order valence-electron chi connectivity index (χ3n) is 1.36. The summed E-state index contributed by atoms with van der Waals surface area (Å²) in [5.74, 6) is 0. The molecule has 0 aromatic rings. The molecule has 11 heavy (non-hydrogen) atoms. The molecule has 0 aliphatic carbocycles. The van der Waals surface area contributed by atoms with Crippen molar-refractivity contribution in [3.05, 3.63) is 0 Å². The number of alkyl halides is 3. The average Bonchev–Trinajstić information content (AvgIpc) is 1.82. The summed E-state index contributed by atoms with van der Waals surface area (Å²) >= 11 is 5.64. The van der Waals surface area contributed by atoms with E-state index in [4.69, 9.17) is 11.6 Å². The number of hydrogen-bond acceptors (Lipinski definition) is 1. The Morgan fingerprint density at radius 3 is 2.36 bits per heavy atom. The number of hydrogen-bond donors (Lipinski definition) is 0. The van der Waals surface area contributed by atoms with Gasteiger partial charge in [0.2, 0.25) is 0 Å². The number of nitrogens with zero attached hydrogens (tertiary/aromatic N) is 1. The van der Waals surface area contributed by atoms with Crippen molar-refractivity contribution < 1.29 is 8.78 Å². The lowest BCUT2D eigenvalue weighted by Crippen LogP contribution is -2.26. The predicted molar refractivity (Wildman–Crippen MR) is 43.4 cm³/mol. The van der Waals surface area contributed by atoms with Crippen LogP contribution in [0.2, 0.25) is 0 Å². The fourth-order valence-corrected chi connectivity index (χ4v) is 0.823. The maximum atomic E-state index is 11.7. The lowest BCUT2D eigenvalue weighted by atomic mass is 10.3. The van der Waals surface area contributed by atoms with E-state index in [1.165, 1.54) is 0 Å². The minimum atomic E-state index is -2.24. The Morgan fingerprint density at radius 1 is 1.45 bits per heavy atom. The van der Waals surface area contributed by atoms with Crippen LogP contribution < -0.4 is 0 Å². The first-order valence-corrected chi connectivity index (χ1v) is 4.06. The zero-order valence-electron chi connectivity index (χ0n) is 6.86. The van der Waals surface area contributed by atoms with Gasteiger partial charge in [-0.1, -0.05) is 0 Å². The molecule has 1 unspecified atom stereocenters. The van der Waals surface area contributed by atoms with E-state index in [1.807, 2.05) is 6.92 Å². The molecule has 0 N–H and O–H groups in total. The Hall–Kier alpha value is 0.110. The summed E-state index contributed by atoms with van der Waals surface area (Å²) in [5.41, 5.74) is 0. The van der Waals surface area contributed by atoms with Crippen molar-refractivity contribution in [3.8, 4) is 0 Å². The Labute approximate surface area is 71.3 Å². The first-order chi connectivity index (χ1) is 5.02. The van der Waals surface area contributed by atoms with E-state index in [1.54, 1.807) is 11.9 Å². The van der Waals surface area contributed by atoms with Gasteiger partial charge in [-0.15, -0.1) is 11.6 Å². The molecule has 0 bridgehead atoms. The first-order valence-electron chi connectivity index (χ1n) is 3.63. The molecule has 68 valence electrons. The van der Waals surface area contributed by atoms with Gasteiger partial charge < -0.3 is 4.90 Å². The monoisotopic (exact) mass is 185 g/mol. The van der Waals surface area contributed by atoms with Gasteiger partial charge in [0.25, 0.3) is 6.43 Å². The number of halogens is 3. The topological polar surface area (TPSA) is 3.24 Å². The zero-order chi connectivity index (χ0) is 8.85. The van der Waals surface area contributed by atoms with Gasteiger partial charge in [-0.05, 0) is 26.9 Å². The highest BCUT2D eigenvalue weighted by Crippen LogP contribution is 2.02. The average molecular weight is 186 g/mol. The first kappa shape index (κ1) is 11.1. The molecule has 0 aromatic heterocycles. The molecule has 0 saturated carbocycles. The van der Waals surface area contributed by atoms with E-state index in [0.29, 0.717) is 6.54 Å². The molecule has 0 radical (unpaired) electrons. The quantitative estimate of drug-likeness (QED) is 0.594. The van der Waals surface area contributed by atoms with Crippen LogP contribution >= 0.6 is 11.6 Å². The van der Waals surface area contributed by atoms with Crippen LogP contribution in [-0.2, 0) is 0 Å². The van der Waals surface area contributed by atoms with Gasteiger partial charge in [-0.25, -0.2) is 8.78 Å². The van der Waals surface area contributed by atoms with Crippen molar-refractivity contribution in [1.29, 1.82) is 0 Å². The Bertz CT molecular complexity index is 98.4. The van der Waals surface area contributed by atoms with E-state index < -0.39 is 6.43 Å². The van der Waals surface area contributed by atoms with Gasteiger partial charge in [0.15, 0.2) is 0 Å². The van der Waals surface area contributed by atoms with E-state index >= 15 is 0 Å². The maximum absolute atomic E-state index is 11.7. The van der Waals surface area contributed by atoms with Crippen molar-refractivity contribution in [1.82, 2.24) is 4.90 Å². The molecular weight excluding hydrogens is 172 g/mol. The smallest absolute Gasteiger partial charge is 0.251 e. The Morgan fingerprint density at radius 2 is 2.00 bits per heavy atom. The molecular formula is C7H14ClF2N.